The average molecular weight is 633 g/mol. The second kappa shape index (κ2) is 12.5. The Morgan fingerprint density at radius 1 is 0.750 bits per heavy atom. The lowest BCUT2D eigenvalue weighted by Gasteiger charge is -2.21. The van der Waals surface area contributed by atoms with Gasteiger partial charge >= 0.3 is 0 Å². The fraction of sp³-hybridized carbons (Fsp3) is 0.256. The number of aryl methyl sites for hydroxylation is 2. The molecule has 0 radical (unpaired) electrons. The molecule has 0 aliphatic heterocycles. The van der Waals surface area contributed by atoms with Crippen molar-refractivity contribution in [1.29, 1.82) is 0 Å². The van der Waals surface area contributed by atoms with Crippen LogP contribution >= 0.6 is 0 Å². The Labute approximate surface area is 283 Å². The highest BCUT2D eigenvalue weighted by atomic mass is 16.5. The number of fused-ring (bicyclic) bond motifs is 3. The number of aromatic nitrogens is 4. The zero-order valence-corrected chi connectivity index (χ0v) is 29.1. The molecule has 0 bridgehead atoms. The number of hydrogen-bond donors (Lipinski definition) is 0. The first kappa shape index (κ1) is 31.4. The molecule has 0 amide bonds. The smallest absolute Gasteiger partial charge is 0.137 e. The standard InChI is InChI=1S/C43H44N4O/c1-8-29-13-12-14-30(9-2)42(29)32-26-45-46(27-32)34-22-33(43(5,6)7)23-36(24-34)48-35-17-18-38-37-15-10-11-16-39(37)47(40(38)25-35)41-21-31(28(3)4)19-20-44-41/h10-28H,8-9H2,1-7H3. The fourth-order valence-corrected chi connectivity index (χ4v) is 6.73. The van der Waals surface area contributed by atoms with E-state index in [1.807, 2.05) is 17.1 Å². The van der Waals surface area contributed by atoms with E-state index in [2.05, 4.69) is 150 Å². The Morgan fingerprint density at radius 2 is 1.50 bits per heavy atom. The number of para-hydroxylation sites is 1. The van der Waals surface area contributed by atoms with Crippen LogP contribution in [0.25, 0.3) is 44.4 Å². The Balaban J connectivity index is 1.32. The molecule has 0 aliphatic carbocycles. The van der Waals surface area contributed by atoms with Crippen molar-refractivity contribution in [2.75, 3.05) is 0 Å². The number of rotatable bonds is 8. The lowest BCUT2D eigenvalue weighted by atomic mass is 9.86. The third kappa shape index (κ3) is 5.79. The maximum atomic E-state index is 6.72. The van der Waals surface area contributed by atoms with E-state index in [4.69, 9.17) is 14.8 Å². The predicted octanol–water partition coefficient (Wildman–Crippen LogP) is 11.4. The molecule has 0 N–H and O–H groups in total. The van der Waals surface area contributed by atoms with E-state index >= 15 is 0 Å². The zero-order valence-electron chi connectivity index (χ0n) is 29.1. The van der Waals surface area contributed by atoms with Gasteiger partial charge in [0.25, 0.3) is 0 Å². The number of pyridine rings is 1. The van der Waals surface area contributed by atoms with E-state index in [0.29, 0.717) is 5.92 Å². The summed E-state index contributed by atoms with van der Waals surface area (Å²) in [6.45, 7) is 15.6. The van der Waals surface area contributed by atoms with Crippen LogP contribution < -0.4 is 4.74 Å². The van der Waals surface area contributed by atoms with Crippen LogP contribution in [0.2, 0.25) is 0 Å². The lowest BCUT2D eigenvalue weighted by molar-refractivity contribution is 0.478. The molecule has 3 heterocycles. The normalized spacial score (nSPS) is 12.0. The summed E-state index contributed by atoms with van der Waals surface area (Å²) < 4.78 is 11.0. The average Bonchev–Trinajstić information content (AvgIpc) is 3.70. The molecular weight excluding hydrogens is 589 g/mol. The molecule has 5 heteroatoms. The topological polar surface area (TPSA) is 44.9 Å². The summed E-state index contributed by atoms with van der Waals surface area (Å²) in [6, 6.07) is 32.3. The van der Waals surface area contributed by atoms with Crippen molar-refractivity contribution in [3.05, 3.63) is 132 Å². The van der Waals surface area contributed by atoms with Gasteiger partial charge < -0.3 is 4.74 Å². The molecule has 0 unspecified atom stereocenters. The van der Waals surface area contributed by atoms with Gasteiger partial charge in [-0.05, 0) is 94.5 Å². The Morgan fingerprint density at radius 3 is 2.23 bits per heavy atom. The molecule has 242 valence electrons. The Bertz CT molecular complexity index is 2240. The summed E-state index contributed by atoms with van der Waals surface area (Å²) in [4.78, 5) is 4.82. The van der Waals surface area contributed by atoms with Crippen molar-refractivity contribution in [3.63, 3.8) is 0 Å². The van der Waals surface area contributed by atoms with Gasteiger partial charge in [-0.25, -0.2) is 9.67 Å². The second-order valence-corrected chi connectivity index (χ2v) is 14.0. The third-order valence-electron chi connectivity index (χ3n) is 9.44. The largest absolute Gasteiger partial charge is 0.457 e. The number of ether oxygens (including phenoxy) is 1. The molecule has 3 aromatic heterocycles. The Hall–Kier alpha value is -5.16. The van der Waals surface area contributed by atoms with E-state index in [0.717, 1.165) is 52.4 Å². The number of hydrogen-bond acceptors (Lipinski definition) is 3. The van der Waals surface area contributed by atoms with Crippen molar-refractivity contribution in [1.82, 2.24) is 19.3 Å². The van der Waals surface area contributed by atoms with Gasteiger partial charge in [0.05, 0.1) is 22.9 Å². The Kier molecular flexibility index (Phi) is 8.16. The first-order valence-corrected chi connectivity index (χ1v) is 17.1. The molecule has 0 spiro atoms. The maximum Gasteiger partial charge on any atom is 0.137 e. The van der Waals surface area contributed by atoms with Crippen molar-refractivity contribution in [2.24, 2.45) is 0 Å². The van der Waals surface area contributed by atoms with Crippen LogP contribution in [0.4, 0.5) is 0 Å². The first-order valence-electron chi connectivity index (χ1n) is 17.1. The van der Waals surface area contributed by atoms with E-state index < -0.39 is 0 Å². The van der Waals surface area contributed by atoms with E-state index in [9.17, 15) is 0 Å². The molecular formula is C43H44N4O. The molecule has 0 fully saturated rings. The van der Waals surface area contributed by atoms with Crippen LogP contribution in [0.15, 0.2) is 110 Å². The van der Waals surface area contributed by atoms with Gasteiger partial charge in [-0.2, -0.15) is 5.10 Å². The monoisotopic (exact) mass is 632 g/mol. The zero-order chi connectivity index (χ0) is 33.6. The van der Waals surface area contributed by atoms with Gasteiger partial charge in [0, 0.05) is 40.9 Å². The van der Waals surface area contributed by atoms with Crippen molar-refractivity contribution in [3.8, 4) is 34.1 Å². The SMILES string of the molecule is CCc1cccc(CC)c1-c1cnn(-c2cc(Oc3ccc4c5ccccc5n(-c5cc(C(C)C)ccn5)c4c3)cc(C(C)(C)C)c2)c1. The van der Waals surface area contributed by atoms with Crippen LogP contribution in [0.3, 0.4) is 0 Å². The number of nitrogens with zero attached hydrogens (tertiary/aromatic N) is 4. The molecule has 0 saturated heterocycles. The molecule has 0 saturated carbocycles. The highest BCUT2D eigenvalue weighted by Crippen LogP contribution is 2.37. The highest BCUT2D eigenvalue weighted by molar-refractivity contribution is 6.09. The summed E-state index contributed by atoms with van der Waals surface area (Å²) in [7, 11) is 0. The van der Waals surface area contributed by atoms with E-state index in [1.54, 1.807) is 0 Å². The van der Waals surface area contributed by atoms with Gasteiger partial charge in [0.2, 0.25) is 0 Å². The second-order valence-electron chi connectivity index (χ2n) is 14.0. The molecule has 7 rings (SSSR count). The van der Waals surface area contributed by atoms with Crippen LogP contribution in [-0.4, -0.2) is 19.3 Å². The van der Waals surface area contributed by atoms with Gasteiger partial charge in [0.1, 0.15) is 17.3 Å². The molecule has 4 aromatic carbocycles. The molecule has 48 heavy (non-hydrogen) atoms. The highest BCUT2D eigenvalue weighted by Gasteiger charge is 2.19. The minimum atomic E-state index is -0.0855. The summed E-state index contributed by atoms with van der Waals surface area (Å²) in [5, 5.41) is 7.23. The quantitative estimate of drug-likeness (QED) is 0.167. The van der Waals surface area contributed by atoms with Crippen molar-refractivity contribution >= 4 is 21.8 Å². The summed E-state index contributed by atoms with van der Waals surface area (Å²) >= 11 is 0. The minimum absolute atomic E-state index is 0.0855. The number of benzene rings is 4. The van der Waals surface area contributed by atoms with Gasteiger partial charge in [-0.15, -0.1) is 0 Å². The lowest BCUT2D eigenvalue weighted by Crippen LogP contribution is -2.12. The van der Waals surface area contributed by atoms with Gasteiger partial charge in [-0.3, -0.25) is 4.57 Å². The van der Waals surface area contributed by atoms with E-state index in [1.165, 1.54) is 38.6 Å². The van der Waals surface area contributed by atoms with Gasteiger partial charge in [0.15, 0.2) is 0 Å². The minimum Gasteiger partial charge on any atom is -0.457 e. The van der Waals surface area contributed by atoms with Gasteiger partial charge in [-0.1, -0.05) is 84.9 Å². The fourth-order valence-electron chi connectivity index (χ4n) is 6.73. The van der Waals surface area contributed by atoms with Crippen molar-refractivity contribution in [2.45, 2.75) is 72.6 Å². The molecule has 0 atom stereocenters. The van der Waals surface area contributed by atoms with Crippen LogP contribution in [-0.2, 0) is 18.3 Å². The van der Waals surface area contributed by atoms with E-state index in [-0.39, 0.29) is 5.41 Å². The van der Waals surface area contributed by atoms with Crippen molar-refractivity contribution < 1.29 is 4.74 Å². The van der Waals surface area contributed by atoms with Crippen LogP contribution in [0.5, 0.6) is 11.5 Å². The summed E-state index contributed by atoms with van der Waals surface area (Å²) in [5.41, 5.74) is 10.7. The van der Waals surface area contributed by atoms with Crippen LogP contribution in [0, 0.1) is 0 Å². The summed E-state index contributed by atoms with van der Waals surface area (Å²) in [5.74, 6) is 2.87. The predicted molar refractivity (Wildman–Crippen MR) is 199 cm³/mol. The third-order valence-corrected chi connectivity index (χ3v) is 9.44. The molecule has 7 aromatic rings. The maximum absolute atomic E-state index is 6.72. The first-order chi connectivity index (χ1) is 23.1. The molecule has 5 nitrogen and oxygen atoms in total. The molecule has 0 aliphatic rings. The van der Waals surface area contributed by atoms with Crippen LogP contribution in [0.1, 0.15) is 76.6 Å². The summed E-state index contributed by atoms with van der Waals surface area (Å²) in [6.07, 6.45) is 8.02.